The molecule has 4 rings (SSSR count). The van der Waals surface area contributed by atoms with E-state index in [4.69, 9.17) is 9.47 Å². The van der Waals surface area contributed by atoms with E-state index in [1.165, 1.54) is 0 Å². The van der Waals surface area contributed by atoms with Gasteiger partial charge in [0.15, 0.2) is 24.1 Å². The average molecular weight is 366 g/mol. The molecule has 0 radical (unpaired) electrons. The minimum Gasteiger partial charge on any atom is -0.492 e. The summed E-state index contributed by atoms with van der Waals surface area (Å²) >= 11 is 0. The summed E-state index contributed by atoms with van der Waals surface area (Å²) < 4.78 is 11.4. The highest BCUT2D eigenvalue weighted by molar-refractivity contribution is 6.28. The second kappa shape index (κ2) is 6.95. The first kappa shape index (κ1) is 17.4. The number of methoxy groups -OCH3 is 2. The van der Waals surface area contributed by atoms with Crippen molar-refractivity contribution < 1.29 is 19.1 Å². The molecule has 0 saturated heterocycles. The molecule has 0 amide bonds. The lowest BCUT2D eigenvalue weighted by Crippen LogP contribution is -1.97. The van der Waals surface area contributed by atoms with E-state index >= 15 is 0 Å². The summed E-state index contributed by atoms with van der Waals surface area (Å²) in [6, 6.07) is 11.5. The molecule has 0 bridgehead atoms. The van der Waals surface area contributed by atoms with Crippen molar-refractivity contribution in [3.8, 4) is 35.2 Å². The second-order valence-electron chi connectivity index (χ2n) is 6.07. The van der Waals surface area contributed by atoms with Crippen molar-refractivity contribution in [2.45, 2.75) is 0 Å². The number of rotatable bonds is 2. The van der Waals surface area contributed by atoms with E-state index in [1.807, 2.05) is 36.4 Å². The highest BCUT2D eigenvalue weighted by Crippen LogP contribution is 2.48. The van der Waals surface area contributed by atoms with Gasteiger partial charge in [-0.1, -0.05) is 24.0 Å². The van der Waals surface area contributed by atoms with Gasteiger partial charge in [0.2, 0.25) is 0 Å². The smallest absolute Gasteiger partial charge is 0.193 e. The van der Waals surface area contributed by atoms with Crippen LogP contribution in [0.3, 0.4) is 0 Å². The Morgan fingerprint density at radius 2 is 1.04 bits per heavy atom. The largest absolute Gasteiger partial charge is 0.492 e. The van der Waals surface area contributed by atoms with Gasteiger partial charge in [0.25, 0.3) is 0 Å². The zero-order valence-corrected chi connectivity index (χ0v) is 15.3. The highest BCUT2D eigenvalue weighted by Gasteiger charge is 2.21. The number of carbonyl (C=O) groups excluding carboxylic acids is 2. The van der Waals surface area contributed by atoms with Crippen LogP contribution in [-0.4, -0.2) is 26.8 Å². The number of benzene rings is 4. The lowest BCUT2D eigenvalue weighted by Gasteiger charge is -2.19. The van der Waals surface area contributed by atoms with Crippen LogP contribution in [0.1, 0.15) is 11.1 Å². The monoisotopic (exact) mass is 366 g/mol. The third-order valence-electron chi connectivity index (χ3n) is 4.79. The molecule has 0 aromatic heterocycles. The van der Waals surface area contributed by atoms with Crippen molar-refractivity contribution in [2.24, 2.45) is 0 Å². The molecule has 4 aromatic carbocycles. The topological polar surface area (TPSA) is 52.6 Å². The van der Waals surface area contributed by atoms with Crippen LogP contribution in [0, 0.1) is 23.7 Å². The predicted octanol–water partition coefficient (Wildman–Crippen LogP) is 3.70. The maximum atomic E-state index is 10.7. The Labute approximate surface area is 161 Å². The van der Waals surface area contributed by atoms with Crippen LogP contribution in [0.25, 0.3) is 32.3 Å². The first-order valence-corrected chi connectivity index (χ1v) is 8.51. The molecule has 0 atom stereocenters. The molecule has 4 nitrogen and oxygen atoms in total. The fourth-order valence-corrected chi connectivity index (χ4v) is 3.75. The molecule has 0 aliphatic heterocycles. The highest BCUT2D eigenvalue weighted by atomic mass is 16.5. The first-order chi connectivity index (χ1) is 13.7. The minimum absolute atomic E-state index is 0.578. The number of carbonyl (C=O) groups is 2. The molecule has 4 aromatic rings. The predicted molar refractivity (Wildman–Crippen MR) is 109 cm³/mol. The number of aldehydes is 2. The molecule has 28 heavy (non-hydrogen) atoms. The molecule has 0 unspecified atom stereocenters. The standard InChI is InChI=1S/C24H14O4/c1-27-23-19-9-7-15(5-3-13-25)17-11-12-18-16(6-4-14-26)8-10-20(24(23)28-2)22(18)21(17)19/h7-14H,1-2H3. The Bertz CT molecular complexity index is 1270. The summed E-state index contributed by atoms with van der Waals surface area (Å²) in [6.45, 7) is 0. The van der Waals surface area contributed by atoms with E-state index < -0.39 is 0 Å². The lowest BCUT2D eigenvalue weighted by atomic mass is 9.89. The van der Waals surface area contributed by atoms with Gasteiger partial charge in [0.05, 0.1) is 14.2 Å². The third-order valence-corrected chi connectivity index (χ3v) is 4.79. The maximum absolute atomic E-state index is 10.7. The zero-order chi connectivity index (χ0) is 19.7. The summed E-state index contributed by atoms with van der Waals surface area (Å²) in [7, 11) is 3.21. The zero-order valence-electron chi connectivity index (χ0n) is 15.3. The number of ether oxygens (including phenoxy) is 2. The van der Waals surface area contributed by atoms with E-state index in [2.05, 4.69) is 23.7 Å². The summed E-state index contributed by atoms with van der Waals surface area (Å²) in [5.41, 5.74) is 1.50. The van der Waals surface area contributed by atoms with Crippen molar-refractivity contribution in [2.75, 3.05) is 14.2 Å². The van der Waals surface area contributed by atoms with Crippen LogP contribution in [0.4, 0.5) is 0 Å². The summed E-state index contributed by atoms with van der Waals surface area (Å²) in [4.78, 5) is 21.4. The minimum atomic E-state index is 0.578. The summed E-state index contributed by atoms with van der Waals surface area (Å²) in [5, 5.41) is 5.49. The van der Waals surface area contributed by atoms with E-state index in [1.54, 1.807) is 14.2 Å². The van der Waals surface area contributed by atoms with Gasteiger partial charge in [-0.25, -0.2) is 0 Å². The first-order valence-electron chi connectivity index (χ1n) is 8.51. The van der Waals surface area contributed by atoms with Gasteiger partial charge in [0.1, 0.15) is 0 Å². The Balaban J connectivity index is 2.30. The van der Waals surface area contributed by atoms with Crippen LogP contribution in [-0.2, 0) is 9.59 Å². The van der Waals surface area contributed by atoms with Gasteiger partial charge >= 0.3 is 0 Å². The molecule has 0 aliphatic carbocycles. The van der Waals surface area contributed by atoms with Gasteiger partial charge in [-0.2, -0.15) is 0 Å². The molecule has 0 fully saturated rings. The molecule has 134 valence electrons. The molecular weight excluding hydrogens is 352 g/mol. The number of hydrogen-bond donors (Lipinski definition) is 0. The third kappa shape index (κ3) is 2.44. The van der Waals surface area contributed by atoms with Gasteiger partial charge in [-0.3, -0.25) is 9.59 Å². The Morgan fingerprint density at radius 3 is 1.39 bits per heavy atom. The fourth-order valence-electron chi connectivity index (χ4n) is 3.75. The van der Waals surface area contributed by atoms with Gasteiger partial charge < -0.3 is 9.47 Å². The summed E-state index contributed by atoms with van der Waals surface area (Å²) in [5.74, 6) is 12.0. The van der Waals surface area contributed by atoms with Gasteiger partial charge in [-0.15, -0.1) is 0 Å². The molecule has 0 spiro atoms. The number of hydrogen-bond acceptors (Lipinski definition) is 4. The molecule has 0 N–H and O–H groups in total. The molecule has 0 aliphatic rings. The fraction of sp³-hybridized carbons (Fsp3) is 0.0833. The van der Waals surface area contributed by atoms with Crippen LogP contribution in [0.5, 0.6) is 11.5 Å². The van der Waals surface area contributed by atoms with Crippen LogP contribution >= 0.6 is 0 Å². The lowest BCUT2D eigenvalue weighted by molar-refractivity contribution is -0.104. The van der Waals surface area contributed by atoms with Crippen molar-refractivity contribution in [3.63, 3.8) is 0 Å². The normalized spacial score (nSPS) is 10.2. The summed E-state index contributed by atoms with van der Waals surface area (Å²) in [6.07, 6.45) is 1.16. The molecular formula is C24H14O4. The molecule has 0 heterocycles. The van der Waals surface area contributed by atoms with Crippen molar-refractivity contribution >= 4 is 44.9 Å². The van der Waals surface area contributed by atoms with E-state index in [0.29, 0.717) is 24.1 Å². The van der Waals surface area contributed by atoms with E-state index in [9.17, 15) is 9.59 Å². The van der Waals surface area contributed by atoms with Crippen LogP contribution < -0.4 is 9.47 Å². The maximum Gasteiger partial charge on any atom is 0.193 e. The Kier molecular flexibility index (Phi) is 4.32. The quantitative estimate of drug-likeness (QED) is 0.308. The van der Waals surface area contributed by atoms with Crippen molar-refractivity contribution in [1.82, 2.24) is 0 Å². The van der Waals surface area contributed by atoms with E-state index in [-0.39, 0.29) is 0 Å². The van der Waals surface area contributed by atoms with Crippen molar-refractivity contribution in [1.29, 1.82) is 0 Å². The molecule has 0 saturated carbocycles. The van der Waals surface area contributed by atoms with E-state index in [0.717, 1.165) is 43.4 Å². The van der Waals surface area contributed by atoms with Gasteiger partial charge in [-0.05, 0) is 46.9 Å². The second-order valence-corrected chi connectivity index (χ2v) is 6.07. The van der Waals surface area contributed by atoms with Gasteiger partial charge in [0, 0.05) is 32.7 Å². The SMILES string of the molecule is COc1c(OC)c2ccc(C#CC=O)c3ccc4c(C#CC=O)ccc1c4c32. The molecule has 4 heteroatoms. The van der Waals surface area contributed by atoms with Crippen LogP contribution in [0.2, 0.25) is 0 Å². The van der Waals surface area contributed by atoms with Crippen LogP contribution in [0.15, 0.2) is 36.4 Å². The Morgan fingerprint density at radius 1 is 0.643 bits per heavy atom. The van der Waals surface area contributed by atoms with Crippen molar-refractivity contribution in [3.05, 3.63) is 47.5 Å². The Hall–Kier alpha value is -4.02. The average Bonchev–Trinajstić information content (AvgIpc) is 2.74.